The standard InChI is InChI=1S/C15H13NO3/c1-2-3-12-4-8-14(9-5-12)19-15-10-6-13(7-11-15)16(17)18/h2-11H,1H3. The fraction of sp³-hybridized carbons (Fsp3) is 0.0667. The number of benzene rings is 2. The van der Waals surface area contributed by atoms with E-state index in [1.54, 1.807) is 12.1 Å². The molecule has 0 amide bonds. The first-order valence-electron chi connectivity index (χ1n) is 5.84. The quantitative estimate of drug-likeness (QED) is 0.600. The molecule has 0 saturated carbocycles. The van der Waals surface area contributed by atoms with Crippen LogP contribution in [0.4, 0.5) is 5.69 Å². The van der Waals surface area contributed by atoms with Gasteiger partial charge in [0, 0.05) is 12.1 Å². The molecule has 0 aliphatic rings. The van der Waals surface area contributed by atoms with Gasteiger partial charge < -0.3 is 4.74 Å². The Morgan fingerprint density at radius 1 is 1.00 bits per heavy atom. The lowest BCUT2D eigenvalue weighted by Crippen LogP contribution is -1.88. The third kappa shape index (κ3) is 3.42. The van der Waals surface area contributed by atoms with Crippen molar-refractivity contribution in [2.75, 3.05) is 0 Å². The number of hydrogen-bond donors (Lipinski definition) is 0. The highest BCUT2D eigenvalue weighted by Gasteiger charge is 2.04. The summed E-state index contributed by atoms with van der Waals surface area (Å²) >= 11 is 0. The fourth-order valence-electron chi connectivity index (χ4n) is 1.61. The second-order valence-electron chi connectivity index (χ2n) is 3.92. The topological polar surface area (TPSA) is 52.4 Å². The summed E-state index contributed by atoms with van der Waals surface area (Å²) in [5.74, 6) is 1.27. The van der Waals surface area contributed by atoms with E-state index in [1.807, 2.05) is 43.3 Å². The zero-order chi connectivity index (χ0) is 13.7. The molecule has 2 aromatic carbocycles. The van der Waals surface area contributed by atoms with Crippen LogP contribution in [0, 0.1) is 10.1 Å². The van der Waals surface area contributed by atoms with Gasteiger partial charge >= 0.3 is 0 Å². The third-order valence-corrected chi connectivity index (χ3v) is 2.52. The average molecular weight is 255 g/mol. The minimum atomic E-state index is -0.435. The van der Waals surface area contributed by atoms with Crippen molar-refractivity contribution < 1.29 is 9.66 Å². The molecule has 19 heavy (non-hydrogen) atoms. The SMILES string of the molecule is CC=Cc1ccc(Oc2ccc([N+](=O)[O-])cc2)cc1. The summed E-state index contributed by atoms with van der Waals surface area (Å²) in [5.41, 5.74) is 1.15. The number of nitrogens with zero attached hydrogens (tertiary/aromatic N) is 1. The molecular formula is C15H13NO3. The Kier molecular flexibility index (Phi) is 3.93. The molecule has 0 unspecified atom stereocenters. The van der Waals surface area contributed by atoms with E-state index in [2.05, 4.69) is 0 Å². The van der Waals surface area contributed by atoms with Crippen molar-refractivity contribution in [3.05, 3.63) is 70.3 Å². The highest BCUT2D eigenvalue weighted by molar-refractivity contribution is 5.50. The van der Waals surface area contributed by atoms with Gasteiger partial charge in [-0.05, 0) is 36.8 Å². The summed E-state index contributed by atoms with van der Waals surface area (Å²) in [6.07, 6.45) is 3.96. The molecule has 0 spiro atoms. The Balaban J connectivity index is 2.10. The lowest BCUT2D eigenvalue weighted by atomic mass is 10.2. The molecule has 0 aliphatic heterocycles. The van der Waals surface area contributed by atoms with Crippen molar-refractivity contribution in [3.63, 3.8) is 0 Å². The Labute approximate surface area is 111 Å². The number of allylic oxidation sites excluding steroid dienone is 1. The van der Waals surface area contributed by atoms with Crippen molar-refractivity contribution in [2.24, 2.45) is 0 Å². The summed E-state index contributed by atoms with van der Waals surface area (Å²) in [6.45, 7) is 1.96. The highest BCUT2D eigenvalue weighted by atomic mass is 16.6. The van der Waals surface area contributed by atoms with Gasteiger partial charge in [-0.2, -0.15) is 0 Å². The number of hydrogen-bond acceptors (Lipinski definition) is 3. The van der Waals surface area contributed by atoms with Crippen molar-refractivity contribution in [2.45, 2.75) is 6.92 Å². The number of rotatable bonds is 4. The lowest BCUT2D eigenvalue weighted by molar-refractivity contribution is -0.384. The minimum absolute atomic E-state index is 0.0516. The first kappa shape index (κ1) is 12.8. The molecule has 4 nitrogen and oxygen atoms in total. The lowest BCUT2D eigenvalue weighted by Gasteiger charge is -2.05. The highest BCUT2D eigenvalue weighted by Crippen LogP contribution is 2.24. The zero-order valence-corrected chi connectivity index (χ0v) is 10.4. The van der Waals surface area contributed by atoms with E-state index in [9.17, 15) is 10.1 Å². The van der Waals surface area contributed by atoms with Crippen LogP contribution >= 0.6 is 0 Å². The second kappa shape index (κ2) is 5.82. The van der Waals surface area contributed by atoms with Gasteiger partial charge in [-0.15, -0.1) is 0 Å². The van der Waals surface area contributed by atoms with E-state index in [-0.39, 0.29) is 5.69 Å². The molecule has 0 N–H and O–H groups in total. The van der Waals surface area contributed by atoms with Crippen LogP contribution in [0.2, 0.25) is 0 Å². The van der Waals surface area contributed by atoms with E-state index >= 15 is 0 Å². The first-order chi connectivity index (χ1) is 9.19. The van der Waals surface area contributed by atoms with Gasteiger partial charge in [0.1, 0.15) is 11.5 Å². The van der Waals surface area contributed by atoms with E-state index in [0.29, 0.717) is 11.5 Å². The van der Waals surface area contributed by atoms with Gasteiger partial charge in [0.2, 0.25) is 0 Å². The molecule has 4 heteroatoms. The second-order valence-corrected chi connectivity index (χ2v) is 3.92. The van der Waals surface area contributed by atoms with Crippen LogP contribution in [0.3, 0.4) is 0 Å². The zero-order valence-electron chi connectivity index (χ0n) is 10.4. The van der Waals surface area contributed by atoms with Crippen molar-refractivity contribution >= 4 is 11.8 Å². The summed E-state index contributed by atoms with van der Waals surface area (Å²) in [6, 6.07) is 13.6. The Morgan fingerprint density at radius 3 is 2.00 bits per heavy atom. The van der Waals surface area contributed by atoms with Gasteiger partial charge in [-0.1, -0.05) is 24.3 Å². The van der Waals surface area contributed by atoms with Crippen molar-refractivity contribution in [3.8, 4) is 11.5 Å². The molecule has 0 fully saturated rings. The van der Waals surface area contributed by atoms with Gasteiger partial charge in [0.25, 0.3) is 5.69 Å². The molecule has 96 valence electrons. The van der Waals surface area contributed by atoms with E-state index < -0.39 is 4.92 Å². The van der Waals surface area contributed by atoms with Gasteiger partial charge in [-0.25, -0.2) is 0 Å². The largest absolute Gasteiger partial charge is 0.457 e. The van der Waals surface area contributed by atoms with Gasteiger partial charge in [0.15, 0.2) is 0 Å². The number of nitro groups is 1. The van der Waals surface area contributed by atoms with Crippen molar-refractivity contribution in [1.29, 1.82) is 0 Å². The normalized spacial score (nSPS) is 10.6. The van der Waals surface area contributed by atoms with Crippen LogP contribution in [-0.4, -0.2) is 4.92 Å². The molecule has 2 aromatic rings. The van der Waals surface area contributed by atoms with Crippen LogP contribution in [0.15, 0.2) is 54.6 Å². The summed E-state index contributed by atoms with van der Waals surface area (Å²) < 4.78 is 5.60. The Bertz CT molecular complexity index is 586. The predicted molar refractivity (Wildman–Crippen MR) is 74.3 cm³/mol. The van der Waals surface area contributed by atoms with Gasteiger partial charge in [0.05, 0.1) is 4.92 Å². The maximum absolute atomic E-state index is 10.5. The van der Waals surface area contributed by atoms with E-state index in [1.165, 1.54) is 12.1 Å². The van der Waals surface area contributed by atoms with E-state index in [0.717, 1.165) is 5.56 Å². The maximum atomic E-state index is 10.5. The Morgan fingerprint density at radius 2 is 1.53 bits per heavy atom. The van der Waals surface area contributed by atoms with Crippen LogP contribution < -0.4 is 4.74 Å². The molecular weight excluding hydrogens is 242 g/mol. The Hall–Kier alpha value is -2.62. The number of nitro benzene ring substituents is 1. The molecule has 0 heterocycles. The molecule has 0 aromatic heterocycles. The summed E-state index contributed by atoms with van der Waals surface area (Å²) in [7, 11) is 0. The first-order valence-corrected chi connectivity index (χ1v) is 5.84. The predicted octanol–water partition coefficient (Wildman–Crippen LogP) is 4.42. The molecule has 0 radical (unpaired) electrons. The summed E-state index contributed by atoms with van der Waals surface area (Å²) in [5, 5.41) is 10.5. The fourth-order valence-corrected chi connectivity index (χ4v) is 1.61. The van der Waals surface area contributed by atoms with Gasteiger partial charge in [-0.3, -0.25) is 10.1 Å². The monoisotopic (exact) mass is 255 g/mol. The van der Waals surface area contributed by atoms with Crippen molar-refractivity contribution in [1.82, 2.24) is 0 Å². The molecule has 0 saturated heterocycles. The summed E-state index contributed by atoms with van der Waals surface area (Å²) in [4.78, 5) is 10.1. The minimum Gasteiger partial charge on any atom is -0.457 e. The van der Waals surface area contributed by atoms with E-state index in [4.69, 9.17) is 4.74 Å². The molecule has 0 atom stereocenters. The number of ether oxygens (including phenoxy) is 1. The smallest absolute Gasteiger partial charge is 0.269 e. The maximum Gasteiger partial charge on any atom is 0.269 e. The van der Waals surface area contributed by atoms with Crippen LogP contribution in [0.5, 0.6) is 11.5 Å². The van der Waals surface area contributed by atoms with Crippen LogP contribution in [0.25, 0.3) is 6.08 Å². The molecule has 2 rings (SSSR count). The van der Waals surface area contributed by atoms with Crippen LogP contribution in [0.1, 0.15) is 12.5 Å². The number of non-ortho nitro benzene ring substituents is 1. The third-order valence-electron chi connectivity index (χ3n) is 2.52. The average Bonchev–Trinajstić information content (AvgIpc) is 2.42. The molecule has 0 bridgehead atoms. The van der Waals surface area contributed by atoms with Crippen LogP contribution in [-0.2, 0) is 0 Å². The molecule has 0 aliphatic carbocycles.